The highest BCUT2D eigenvalue weighted by Gasteiger charge is 2.24. The molecule has 0 radical (unpaired) electrons. The molecule has 5 nitrogen and oxygen atoms in total. The van der Waals surface area contributed by atoms with E-state index in [9.17, 15) is 19.1 Å². The Bertz CT molecular complexity index is 1310. The summed E-state index contributed by atoms with van der Waals surface area (Å²) in [7, 11) is 0. The lowest BCUT2D eigenvalue weighted by Crippen LogP contribution is -2.20. The summed E-state index contributed by atoms with van der Waals surface area (Å²) >= 11 is 1.70. The van der Waals surface area contributed by atoms with E-state index in [0.29, 0.717) is 17.2 Å². The molecular formula is C28H29FN2O3S. The van der Waals surface area contributed by atoms with Crippen LogP contribution in [-0.2, 0) is 17.6 Å². The molecule has 0 aliphatic rings. The Morgan fingerprint density at radius 1 is 1.09 bits per heavy atom. The minimum Gasteiger partial charge on any atom is -0.481 e. The van der Waals surface area contributed by atoms with Gasteiger partial charge in [-0.15, -0.1) is 11.3 Å². The standard InChI is InChI=1S/C28H29FN2O3S/c1-3-22(4-2)31-25-12-9-19(15-24(25)30-27(31)17-23-6-5-13-35-23)26(32)16-20(28(33)34)14-18-7-10-21(29)11-8-18/h5-13,15,20,22H,3-4,14,16-17H2,1-2H3,(H,33,34)/t20-/m1/s1. The Balaban J connectivity index is 1.61. The third-order valence-electron chi connectivity index (χ3n) is 6.48. The lowest BCUT2D eigenvalue weighted by Gasteiger charge is -2.19. The number of aliphatic carboxylic acids is 1. The van der Waals surface area contributed by atoms with Gasteiger partial charge in [0.25, 0.3) is 0 Å². The van der Waals surface area contributed by atoms with Crippen molar-refractivity contribution in [3.8, 4) is 0 Å². The molecule has 4 rings (SSSR count). The fraction of sp³-hybridized carbons (Fsp3) is 0.321. The van der Waals surface area contributed by atoms with Crippen LogP contribution in [0.25, 0.3) is 11.0 Å². The number of carbonyl (C=O) groups excluding carboxylic acids is 1. The molecule has 0 aliphatic carbocycles. The van der Waals surface area contributed by atoms with Crippen molar-refractivity contribution in [1.29, 1.82) is 0 Å². The Kier molecular flexibility index (Phi) is 7.76. The van der Waals surface area contributed by atoms with Gasteiger partial charge >= 0.3 is 5.97 Å². The number of hydrogen-bond donors (Lipinski definition) is 1. The number of rotatable bonds is 11. The van der Waals surface area contributed by atoms with E-state index in [-0.39, 0.29) is 24.4 Å². The number of thiophene rings is 1. The van der Waals surface area contributed by atoms with E-state index >= 15 is 0 Å². The van der Waals surface area contributed by atoms with Crippen molar-refractivity contribution in [2.45, 2.75) is 52.0 Å². The van der Waals surface area contributed by atoms with Crippen LogP contribution in [0.3, 0.4) is 0 Å². The first-order chi connectivity index (χ1) is 16.9. The number of halogens is 1. The van der Waals surface area contributed by atoms with Gasteiger partial charge in [0, 0.05) is 29.3 Å². The van der Waals surface area contributed by atoms with Crippen LogP contribution in [0.2, 0.25) is 0 Å². The largest absolute Gasteiger partial charge is 0.481 e. The second-order valence-electron chi connectivity index (χ2n) is 8.82. The number of nitrogens with zero attached hydrogens (tertiary/aromatic N) is 2. The number of carboxylic acid groups (broad SMARTS) is 1. The summed E-state index contributed by atoms with van der Waals surface area (Å²) in [6.45, 7) is 4.33. The van der Waals surface area contributed by atoms with Gasteiger partial charge in [0.2, 0.25) is 0 Å². The quantitative estimate of drug-likeness (QED) is 0.236. The molecule has 1 atom stereocenters. The van der Waals surface area contributed by atoms with Gasteiger partial charge in [0.15, 0.2) is 5.78 Å². The zero-order valence-electron chi connectivity index (χ0n) is 19.9. The average Bonchev–Trinajstić information content (AvgIpc) is 3.48. The SMILES string of the molecule is CCC(CC)n1c(Cc2cccs2)nc2cc(C(=O)C[C@@H](Cc3ccc(F)cc3)C(=O)O)ccc21. The summed E-state index contributed by atoms with van der Waals surface area (Å²) in [5.74, 6) is -1.57. The monoisotopic (exact) mass is 492 g/mol. The Labute approximate surface area is 208 Å². The molecule has 2 aromatic heterocycles. The number of aromatic nitrogens is 2. The zero-order valence-corrected chi connectivity index (χ0v) is 20.7. The molecule has 2 aromatic carbocycles. The number of hydrogen-bond acceptors (Lipinski definition) is 4. The van der Waals surface area contributed by atoms with Crippen LogP contribution >= 0.6 is 11.3 Å². The van der Waals surface area contributed by atoms with Crippen molar-refractivity contribution < 1.29 is 19.1 Å². The van der Waals surface area contributed by atoms with Gasteiger partial charge in [-0.2, -0.15) is 0 Å². The number of imidazole rings is 1. The van der Waals surface area contributed by atoms with Crippen molar-refractivity contribution in [2.24, 2.45) is 5.92 Å². The van der Waals surface area contributed by atoms with E-state index < -0.39 is 11.9 Å². The van der Waals surface area contributed by atoms with E-state index in [1.165, 1.54) is 17.0 Å². The Morgan fingerprint density at radius 3 is 2.46 bits per heavy atom. The molecule has 0 spiro atoms. The number of benzene rings is 2. The molecular weight excluding hydrogens is 463 g/mol. The summed E-state index contributed by atoms with van der Waals surface area (Å²) < 4.78 is 15.5. The van der Waals surface area contributed by atoms with Crippen LogP contribution in [0.4, 0.5) is 4.39 Å². The smallest absolute Gasteiger partial charge is 0.307 e. The van der Waals surface area contributed by atoms with Gasteiger partial charge in [-0.05, 0) is 66.6 Å². The minimum atomic E-state index is -1.04. The van der Waals surface area contributed by atoms with Crippen LogP contribution in [0.1, 0.15) is 65.8 Å². The van der Waals surface area contributed by atoms with Crippen molar-refractivity contribution in [1.82, 2.24) is 9.55 Å². The second kappa shape index (κ2) is 11.0. The molecule has 0 fully saturated rings. The fourth-order valence-corrected chi connectivity index (χ4v) is 5.27. The van der Waals surface area contributed by atoms with Crippen LogP contribution < -0.4 is 0 Å². The summed E-state index contributed by atoms with van der Waals surface area (Å²) in [5, 5.41) is 11.7. The summed E-state index contributed by atoms with van der Waals surface area (Å²) in [6.07, 6.45) is 2.71. The molecule has 1 N–H and O–H groups in total. The van der Waals surface area contributed by atoms with Crippen molar-refractivity contribution >= 4 is 34.1 Å². The maximum absolute atomic E-state index is 13.2. The lowest BCUT2D eigenvalue weighted by atomic mass is 9.92. The lowest BCUT2D eigenvalue weighted by molar-refractivity contribution is -0.141. The first-order valence-electron chi connectivity index (χ1n) is 11.9. The molecule has 0 amide bonds. The van der Waals surface area contributed by atoms with Crippen molar-refractivity contribution in [3.05, 3.63) is 87.6 Å². The maximum Gasteiger partial charge on any atom is 0.307 e. The summed E-state index contributed by atoms with van der Waals surface area (Å²) in [6, 6.07) is 15.6. The van der Waals surface area contributed by atoms with Crippen molar-refractivity contribution in [2.75, 3.05) is 0 Å². The fourth-order valence-electron chi connectivity index (χ4n) is 4.57. The molecule has 2 heterocycles. The van der Waals surface area contributed by atoms with Gasteiger partial charge in [-0.3, -0.25) is 9.59 Å². The number of fused-ring (bicyclic) bond motifs is 1. The van der Waals surface area contributed by atoms with Gasteiger partial charge in [0.05, 0.1) is 17.0 Å². The average molecular weight is 493 g/mol. The minimum absolute atomic E-state index is 0.131. The third-order valence-corrected chi connectivity index (χ3v) is 7.36. The van der Waals surface area contributed by atoms with E-state index in [1.807, 2.05) is 12.1 Å². The number of Topliss-reactive ketones (excluding diaryl/α,β-unsaturated/α-hetero) is 1. The predicted molar refractivity (Wildman–Crippen MR) is 137 cm³/mol. The van der Waals surface area contributed by atoms with E-state index in [2.05, 4.69) is 29.9 Å². The molecule has 0 aliphatic heterocycles. The highest BCUT2D eigenvalue weighted by molar-refractivity contribution is 7.09. The molecule has 0 saturated carbocycles. The van der Waals surface area contributed by atoms with Crippen LogP contribution in [-0.4, -0.2) is 26.4 Å². The molecule has 0 saturated heterocycles. The van der Waals surface area contributed by atoms with Crippen LogP contribution in [0, 0.1) is 11.7 Å². The van der Waals surface area contributed by atoms with Crippen LogP contribution in [0.5, 0.6) is 0 Å². The molecule has 4 aromatic rings. The zero-order chi connectivity index (χ0) is 24.9. The topological polar surface area (TPSA) is 72.2 Å². The molecule has 182 valence electrons. The van der Waals surface area contributed by atoms with Gasteiger partial charge in [-0.25, -0.2) is 9.37 Å². The highest BCUT2D eigenvalue weighted by atomic mass is 32.1. The van der Waals surface area contributed by atoms with E-state index in [0.717, 1.165) is 36.1 Å². The normalized spacial score (nSPS) is 12.3. The Morgan fingerprint density at radius 2 is 1.83 bits per heavy atom. The predicted octanol–water partition coefficient (Wildman–Crippen LogP) is 6.71. The van der Waals surface area contributed by atoms with Crippen LogP contribution in [0.15, 0.2) is 60.0 Å². The second-order valence-corrected chi connectivity index (χ2v) is 9.85. The molecule has 7 heteroatoms. The van der Waals surface area contributed by atoms with Gasteiger partial charge < -0.3 is 9.67 Å². The third kappa shape index (κ3) is 5.68. The Hall–Kier alpha value is -3.32. The first-order valence-corrected chi connectivity index (χ1v) is 12.8. The van der Waals surface area contributed by atoms with Crippen molar-refractivity contribution in [3.63, 3.8) is 0 Å². The van der Waals surface area contributed by atoms with Gasteiger partial charge in [0.1, 0.15) is 11.6 Å². The molecule has 0 bridgehead atoms. The number of ketones is 1. The number of carboxylic acids is 1. The van der Waals surface area contributed by atoms with E-state index in [1.54, 1.807) is 35.6 Å². The number of carbonyl (C=O) groups is 2. The summed E-state index contributed by atoms with van der Waals surface area (Å²) in [4.78, 5) is 31.1. The summed E-state index contributed by atoms with van der Waals surface area (Å²) in [5.41, 5.74) is 2.88. The molecule has 35 heavy (non-hydrogen) atoms. The highest BCUT2D eigenvalue weighted by Crippen LogP contribution is 2.29. The van der Waals surface area contributed by atoms with Gasteiger partial charge in [-0.1, -0.05) is 32.0 Å². The van der Waals surface area contributed by atoms with E-state index in [4.69, 9.17) is 4.98 Å². The molecule has 0 unspecified atom stereocenters. The maximum atomic E-state index is 13.2. The first kappa shape index (κ1) is 24.8.